The topological polar surface area (TPSA) is 29.1 Å². The van der Waals surface area contributed by atoms with E-state index in [0.29, 0.717) is 13.0 Å². The van der Waals surface area contributed by atoms with E-state index in [1.807, 2.05) is 16.8 Å². The van der Waals surface area contributed by atoms with Crippen molar-refractivity contribution in [1.82, 2.24) is 5.32 Å². The molecule has 6 heteroatoms. The Hall–Kier alpha value is -1.27. The van der Waals surface area contributed by atoms with E-state index in [1.54, 1.807) is 11.3 Å². The Morgan fingerprint density at radius 3 is 2.58 bits per heavy atom. The summed E-state index contributed by atoms with van der Waals surface area (Å²) >= 11 is 4.53. The van der Waals surface area contributed by atoms with Crippen molar-refractivity contribution in [2.45, 2.75) is 6.42 Å². The van der Waals surface area contributed by atoms with Crippen LogP contribution in [-0.2, 0) is 6.42 Å². The van der Waals surface area contributed by atoms with E-state index in [4.69, 9.17) is 0 Å². The molecule has 1 heterocycles. The number of halogens is 3. The molecule has 19 heavy (non-hydrogen) atoms. The third-order valence-electron chi connectivity index (χ3n) is 2.51. The number of carbonyl (C=O) groups excluding carboxylic acids is 1. The first kappa shape index (κ1) is 14.1. The molecule has 0 aliphatic heterocycles. The van der Waals surface area contributed by atoms with Gasteiger partial charge in [-0.15, -0.1) is 0 Å². The summed E-state index contributed by atoms with van der Waals surface area (Å²) in [4.78, 5) is 11.7. The van der Waals surface area contributed by atoms with Crippen LogP contribution in [0.25, 0.3) is 0 Å². The van der Waals surface area contributed by atoms with Crippen molar-refractivity contribution in [1.29, 1.82) is 0 Å². The highest BCUT2D eigenvalue weighted by molar-refractivity contribution is 9.10. The highest BCUT2D eigenvalue weighted by atomic mass is 79.9. The van der Waals surface area contributed by atoms with Crippen LogP contribution in [-0.4, -0.2) is 12.5 Å². The molecule has 0 bridgehead atoms. The van der Waals surface area contributed by atoms with Gasteiger partial charge in [-0.2, -0.15) is 11.3 Å². The minimum Gasteiger partial charge on any atom is -0.352 e. The normalized spacial score (nSPS) is 10.5. The summed E-state index contributed by atoms with van der Waals surface area (Å²) in [7, 11) is 0. The molecular weight excluding hydrogens is 336 g/mol. The molecule has 0 saturated carbocycles. The van der Waals surface area contributed by atoms with E-state index < -0.39 is 23.1 Å². The summed E-state index contributed by atoms with van der Waals surface area (Å²) in [6, 6.07) is 4.07. The molecule has 1 aromatic heterocycles. The summed E-state index contributed by atoms with van der Waals surface area (Å²) in [5, 5.41) is 6.41. The Morgan fingerprint density at radius 2 is 2.00 bits per heavy atom. The molecule has 0 radical (unpaired) electrons. The molecule has 1 N–H and O–H groups in total. The highest BCUT2D eigenvalue weighted by Crippen LogP contribution is 2.19. The lowest BCUT2D eigenvalue weighted by Crippen LogP contribution is -2.27. The molecule has 1 amide bonds. The third-order valence-corrected chi connectivity index (χ3v) is 3.70. The lowest BCUT2D eigenvalue weighted by Gasteiger charge is -2.07. The zero-order valence-corrected chi connectivity index (χ0v) is 12.2. The Balaban J connectivity index is 2.00. The average Bonchev–Trinajstić information content (AvgIpc) is 2.80. The summed E-state index contributed by atoms with van der Waals surface area (Å²) in [6.45, 7) is 0.338. The van der Waals surface area contributed by atoms with Gasteiger partial charge in [-0.25, -0.2) is 8.78 Å². The van der Waals surface area contributed by atoms with Crippen molar-refractivity contribution < 1.29 is 13.6 Å². The second kappa shape index (κ2) is 6.25. The quantitative estimate of drug-likeness (QED) is 0.897. The fourth-order valence-electron chi connectivity index (χ4n) is 1.60. The number of carbonyl (C=O) groups is 1. The first-order chi connectivity index (χ1) is 9.08. The maximum atomic E-state index is 13.5. The number of rotatable bonds is 4. The second-order valence-corrected chi connectivity index (χ2v) is 5.58. The van der Waals surface area contributed by atoms with Gasteiger partial charge in [-0.3, -0.25) is 4.79 Å². The van der Waals surface area contributed by atoms with Gasteiger partial charge in [0.15, 0.2) is 0 Å². The smallest absolute Gasteiger partial charge is 0.257 e. The zero-order valence-electron chi connectivity index (χ0n) is 9.75. The molecule has 0 spiro atoms. The van der Waals surface area contributed by atoms with Crippen LogP contribution in [0.4, 0.5) is 8.78 Å². The van der Waals surface area contributed by atoms with Crippen LogP contribution in [0.5, 0.6) is 0 Å². The van der Waals surface area contributed by atoms with Crippen LogP contribution in [0.2, 0.25) is 0 Å². The molecule has 0 aliphatic carbocycles. The van der Waals surface area contributed by atoms with E-state index >= 15 is 0 Å². The number of hydrogen-bond donors (Lipinski definition) is 1. The van der Waals surface area contributed by atoms with Crippen LogP contribution in [0, 0.1) is 11.6 Å². The molecule has 0 aliphatic rings. The van der Waals surface area contributed by atoms with Crippen molar-refractivity contribution >= 4 is 33.2 Å². The van der Waals surface area contributed by atoms with Gasteiger partial charge >= 0.3 is 0 Å². The molecule has 0 atom stereocenters. The lowest BCUT2D eigenvalue weighted by molar-refractivity contribution is 0.0945. The molecule has 0 unspecified atom stereocenters. The van der Waals surface area contributed by atoms with Crippen molar-refractivity contribution in [2.75, 3.05) is 6.54 Å². The summed E-state index contributed by atoms with van der Waals surface area (Å²) in [5.74, 6) is -2.49. The predicted octanol–water partition coefficient (Wildman–Crippen LogP) is 3.76. The Morgan fingerprint density at radius 1 is 1.32 bits per heavy atom. The van der Waals surface area contributed by atoms with Gasteiger partial charge < -0.3 is 5.32 Å². The molecule has 100 valence electrons. The molecule has 2 aromatic rings. The van der Waals surface area contributed by atoms with Crippen molar-refractivity contribution in [2.24, 2.45) is 0 Å². The van der Waals surface area contributed by atoms with Crippen LogP contribution >= 0.6 is 27.3 Å². The Kier molecular flexibility index (Phi) is 4.66. The number of hydrogen-bond acceptors (Lipinski definition) is 2. The summed E-state index contributed by atoms with van der Waals surface area (Å²) in [5.41, 5.74) is 0.538. The van der Waals surface area contributed by atoms with Gasteiger partial charge in [0.25, 0.3) is 5.91 Å². The summed E-state index contributed by atoms with van der Waals surface area (Å²) < 4.78 is 27.3. The fourth-order valence-corrected chi connectivity index (χ4v) is 2.71. The van der Waals surface area contributed by atoms with Crippen molar-refractivity contribution in [3.05, 3.63) is 56.2 Å². The molecule has 2 nitrogen and oxygen atoms in total. The third kappa shape index (κ3) is 3.61. The van der Waals surface area contributed by atoms with Crippen molar-refractivity contribution in [3.63, 3.8) is 0 Å². The lowest BCUT2D eigenvalue weighted by atomic mass is 10.1. The second-order valence-electron chi connectivity index (χ2n) is 3.88. The molecule has 0 fully saturated rings. The monoisotopic (exact) mass is 345 g/mol. The van der Waals surface area contributed by atoms with Crippen LogP contribution in [0.1, 0.15) is 15.9 Å². The molecule has 0 saturated heterocycles. The number of nitrogens with one attached hydrogen (secondary N) is 1. The average molecular weight is 346 g/mol. The maximum Gasteiger partial charge on any atom is 0.257 e. The summed E-state index contributed by atoms with van der Waals surface area (Å²) in [6.07, 6.45) is 0.634. The van der Waals surface area contributed by atoms with Crippen LogP contribution < -0.4 is 5.32 Å². The minimum absolute atomic E-state index is 0.261. The minimum atomic E-state index is -0.875. The van der Waals surface area contributed by atoms with Crippen molar-refractivity contribution in [3.8, 4) is 0 Å². The number of thiophene rings is 1. The van der Waals surface area contributed by atoms with E-state index in [1.165, 1.54) is 0 Å². The van der Waals surface area contributed by atoms with Gasteiger partial charge in [-0.1, -0.05) is 15.9 Å². The standard InChI is InChI=1S/C13H10BrF2NOS/c14-9-5-10(15)12(11(16)6-9)13(18)17-3-1-8-2-4-19-7-8/h2,4-7H,1,3H2,(H,17,18). The van der Waals surface area contributed by atoms with E-state index in [0.717, 1.165) is 17.7 Å². The Bertz CT molecular complexity index is 563. The van der Waals surface area contributed by atoms with E-state index in [-0.39, 0.29) is 4.47 Å². The fraction of sp³-hybridized carbons (Fsp3) is 0.154. The molecule has 1 aromatic carbocycles. The Labute approximate surface area is 121 Å². The number of benzene rings is 1. The van der Waals surface area contributed by atoms with Gasteiger partial charge in [0, 0.05) is 11.0 Å². The first-order valence-corrected chi connectivity index (χ1v) is 7.25. The molecular formula is C13H10BrF2NOS. The van der Waals surface area contributed by atoms with Crippen LogP contribution in [0.3, 0.4) is 0 Å². The van der Waals surface area contributed by atoms with E-state index in [2.05, 4.69) is 21.2 Å². The SMILES string of the molecule is O=C(NCCc1ccsc1)c1c(F)cc(Br)cc1F. The van der Waals surface area contributed by atoms with Crippen LogP contribution in [0.15, 0.2) is 33.4 Å². The first-order valence-electron chi connectivity index (χ1n) is 5.51. The van der Waals surface area contributed by atoms with Gasteiger partial charge in [-0.05, 0) is 40.9 Å². The van der Waals surface area contributed by atoms with Gasteiger partial charge in [0.1, 0.15) is 17.2 Å². The van der Waals surface area contributed by atoms with E-state index in [9.17, 15) is 13.6 Å². The maximum absolute atomic E-state index is 13.5. The zero-order chi connectivity index (χ0) is 13.8. The largest absolute Gasteiger partial charge is 0.352 e. The highest BCUT2D eigenvalue weighted by Gasteiger charge is 2.17. The number of amides is 1. The van der Waals surface area contributed by atoms with Gasteiger partial charge in [0.2, 0.25) is 0 Å². The molecule has 2 rings (SSSR count). The predicted molar refractivity (Wildman–Crippen MR) is 74.4 cm³/mol. The van der Waals surface area contributed by atoms with Gasteiger partial charge in [0.05, 0.1) is 0 Å².